The summed E-state index contributed by atoms with van der Waals surface area (Å²) in [6, 6.07) is 5.43. The monoisotopic (exact) mass is 288 g/mol. The van der Waals surface area contributed by atoms with Gasteiger partial charge < -0.3 is 19.1 Å². The average Bonchev–Trinajstić information content (AvgIpc) is 3.10. The van der Waals surface area contributed by atoms with Gasteiger partial charge in [-0.05, 0) is 18.6 Å². The number of aromatic nitrogens is 2. The molecule has 1 atom stereocenters. The number of aliphatic carboxylic acids is 1. The molecule has 21 heavy (non-hydrogen) atoms. The van der Waals surface area contributed by atoms with Gasteiger partial charge in [0.2, 0.25) is 0 Å². The molecule has 0 radical (unpaired) electrons. The van der Waals surface area contributed by atoms with Crippen molar-refractivity contribution in [3.8, 4) is 11.5 Å². The second-order valence-corrected chi connectivity index (χ2v) is 4.88. The van der Waals surface area contributed by atoms with Gasteiger partial charge in [0.1, 0.15) is 18.1 Å². The van der Waals surface area contributed by atoms with Gasteiger partial charge >= 0.3 is 5.97 Å². The first kappa shape index (κ1) is 13.5. The van der Waals surface area contributed by atoms with E-state index in [0.29, 0.717) is 24.5 Å². The Bertz CT molecular complexity index is 665. The maximum Gasteiger partial charge on any atom is 0.345 e. The highest BCUT2D eigenvalue weighted by Gasteiger charge is 2.28. The molecule has 1 aliphatic rings. The molecule has 110 valence electrons. The van der Waals surface area contributed by atoms with E-state index in [9.17, 15) is 4.79 Å². The van der Waals surface area contributed by atoms with E-state index in [1.54, 1.807) is 18.6 Å². The van der Waals surface area contributed by atoms with E-state index in [2.05, 4.69) is 4.98 Å². The van der Waals surface area contributed by atoms with Crippen molar-refractivity contribution in [2.45, 2.75) is 32.6 Å². The molecule has 1 aromatic carbocycles. The van der Waals surface area contributed by atoms with Gasteiger partial charge in [-0.2, -0.15) is 0 Å². The fourth-order valence-corrected chi connectivity index (χ4v) is 2.35. The van der Waals surface area contributed by atoms with Crippen molar-refractivity contribution in [3.63, 3.8) is 0 Å². The second kappa shape index (κ2) is 5.47. The van der Waals surface area contributed by atoms with Crippen molar-refractivity contribution in [2.24, 2.45) is 0 Å². The number of benzene rings is 1. The fourth-order valence-electron chi connectivity index (χ4n) is 2.35. The standard InChI is InChI=1S/C15H16N2O4/c1-2-17-9-16-7-11(17)8-20-12-4-3-10-5-14(15(18)19)21-13(10)6-12/h3-4,6-7,9,14H,2,5,8H2,1H3,(H,18,19). The summed E-state index contributed by atoms with van der Waals surface area (Å²) in [6.07, 6.45) is 3.14. The molecule has 1 N–H and O–H groups in total. The van der Waals surface area contributed by atoms with Crippen LogP contribution in [0.1, 0.15) is 18.2 Å². The molecule has 6 nitrogen and oxygen atoms in total. The van der Waals surface area contributed by atoms with E-state index in [-0.39, 0.29) is 0 Å². The van der Waals surface area contributed by atoms with Crippen molar-refractivity contribution in [3.05, 3.63) is 42.0 Å². The molecule has 3 rings (SSSR count). The van der Waals surface area contributed by atoms with E-state index >= 15 is 0 Å². The topological polar surface area (TPSA) is 73.6 Å². The van der Waals surface area contributed by atoms with Crippen molar-refractivity contribution in [1.29, 1.82) is 0 Å². The van der Waals surface area contributed by atoms with Crippen LogP contribution in [0.25, 0.3) is 0 Å². The van der Waals surface area contributed by atoms with E-state index in [1.807, 2.05) is 23.6 Å². The summed E-state index contributed by atoms with van der Waals surface area (Å²) in [5.41, 5.74) is 1.88. The molecule has 0 fully saturated rings. The van der Waals surface area contributed by atoms with E-state index in [1.165, 1.54) is 0 Å². The Morgan fingerprint density at radius 1 is 1.57 bits per heavy atom. The first-order chi connectivity index (χ1) is 10.2. The molecule has 0 bridgehead atoms. The lowest BCUT2D eigenvalue weighted by atomic mass is 10.1. The van der Waals surface area contributed by atoms with Gasteiger partial charge in [0.15, 0.2) is 6.10 Å². The summed E-state index contributed by atoms with van der Waals surface area (Å²) in [5.74, 6) is 0.299. The van der Waals surface area contributed by atoms with Gasteiger partial charge in [0.25, 0.3) is 0 Å². The van der Waals surface area contributed by atoms with E-state index in [4.69, 9.17) is 14.6 Å². The molecular weight excluding hydrogens is 272 g/mol. The Morgan fingerprint density at radius 3 is 3.19 bits per heavy atom. The predicted molar refractivity (Wildman–Crippen MR) is 74.4 cm³/mol. The van der Waals surface area contributed by atoms with Crippen LogP contribution in [0, 0.1) is 0 Å². The quantitative estimate of drug-likeness (QED) is 0.909. The lowest BCUT2D eigenvalue weighted by Crippen LogP contribution is -2.24. The number of hydrogen-bond acceptors (Lipinski definition) is 4. The normalized spacial score (nSPS) is 16.3. The number of fused-ring (bicyclic) bond motifs is 1. The number of nitrogens with zero attached hydrogens (tertiary/aromatic N) is 2. The number of rotatable bonds is 5. The Labute approximate surface area is 121 Å². The summed E-state index contributed by atoms with van der Waals surface area (Å²) in [7, 11) is 0. The van der Waals surface area contributed by atoms with Crippen LogP contribution in [0.5, 0.6) is 11.5 Å². The largest absolute Gasteiger partial charge is 0.487 e. The van der Waals surface area contributed by atoms with Crippen molar-refractivity contribution in [1.82, 2.24) is 9.55 Å². The maximum absolute atomic E-state index is 10.9. The van der Waals surface area contributed by atoms with Crippen molar-refractivity contribution in [2.75, 3.05) is 0 Å². The van der Waals surface area contributed by atoms with Crippen LogP contribution in [-0.2, 0) is 24.4 Å². The number of aryl methyl sites for hydroxylation is 1. The first-order valence-electron chi connectivity index (χ1n) is 6.81. The van der Waals surface area contributed by atoms with Crippen LogP contribution >= 0.6 is 0 Å². The summed E-state index contributed by atoms with van der Waals surface area (Å²) in [5, 5.41) is 8.97. The smallest absolute Gasteiger partial charge is 0.345 e. The zero-order chi connectivity index (χ0) is 14.8. The minimum Gasteiger partial charge on any atom is -0.487 e. The Hall–Kier alpha value is -2.50. The molecule has 6 heteroatoms. The molecule has 2 heterocycles. The molecule has 0 saturated heterocycles. The van der Waals surface area contributed by atoms with Gasteiger partial charge in [-0.1, -0.05) is 6.07 Å². The zero-order valence-corrected chi connectivity index (χ0v) is 11.7. The number of hydrogen-bond donors (Lipinski definition) is 1. The molecule has 1 aromatic heterocycles. The highest BCUT2D eigenvalue weighted by Crippen LogP contribution is 2.32. The zero-order valence-electron chi connectivity index (χ0n) is 11.7. The number of ether oxygens (including phenoxy) is 2. The van der Waals surface area contributed by atoms with Crippen molar-refractivity contribution < 1.29 is 19.4 Å². The van der Waals surface area contributed by atoms with Gasteiger partial charge in [0.05, 0.1) is 18.2 Å². The van der Waals surface area contributed by atoms with Gasteiger partial charge in [0, 0.05) is 19.0 Å². The van der Waals surface area contributed by atoms with Crippen LogP contribution in [0.2, 0.25) is 0 Å². The Balaban J connectivity index is 1.69. The molecule has 1 unspecified atom stereocenters. The highest BCUT2D eigenvalue weighted by atomic mass is 16.5. The summed E-state index contributed by atoms with van der Waals surface area (Å²) in [4.78, 5) is 15.0. The van der Waals surface area contributed by atoms with E-state index in [0.717, 1.165) is 17.8 Å². The van der Waals surface area contributed by atoms with Crippen LogP contribution in [0.4, 0.5) is 0 Å². The number of carboxylic acids is 1. The molecule has 0 spiro atoms. The number of imidazole rings is 1. The molecule has 2 aromatic rings. The Morgan fingerprint density at radius 2 is 2.43 bits per heavy atom. The average molecular weight is 288 g/mol. The Kier molecular flexibility index (Phi) is 3.51. The second-order valence-electron chi connectivity index (χ2n) is 4.88. The van der Waals surface area contributed by atoms with Crippen LogP contribution < -0.4 is 9.47 Å². The van der Waals surface area contributed by atoms with Crippen LogP contribution in [0.15, 0.2) is 30.7 Å². The van der Waals surface area contributed by atoms with Crippen LogP contribution in [-0.4, -0.2) is 26.7 Å². The number of carbonyl (C=O) groups is 1. The summed E-state index contributed by atoms with van der Waals surface area (Å²) >= 11 is 0. The van der Waals surface area contributed by atoms with E-state index < -0.39 is 12.1 Å². The van der Waals surface area contributed by atoms with Gasteiger partial charge in [-0.25, -0.2) is 9.78 Å². The maximum atomic E-state index is 10.9. The lowest BCUT2D eigenvalue weighted by molar-refractivity contribution is -0.144. The lowest BCUT2D eigenvalue weighted by Gasteiger charge is -2.09. The molecule has 0 saturated carbocycles. The molecule has 0 amide bonds. The minimum absolute atomic E-state index is 0.396. The third-order valence-electron chi connectivity index (χ3n) is 3.51. The minimum atomic E-state index is -0.944. The molecule has 1 aliphatic heterocycles. The SMILES string of the molecule is CCn1cncc1COc1ccc2c(c1)OC(C(=O)O)C2. The predicted octanol–water partition coefficient (Wildman–Crippen LogP) is 1.87. The highest BCUT2D eigenvalue weighted by molar-refractivity contribution is 5.74. The number of carboxylic acid groups (broad SMARTS) is 1. The third-order valence-corrected chi connectivity index (χ3v) is 3.51. The summed E-state index contributed by atoms with van der Waals surface area (Å²) < 4.78 is 13.1. The first-order valence-corrected chi connectivity index (χ1v) is 6.81. The fraction of sp³-hybridized carbons (Fsp3) is 0.333. The van der Waals surface area contributed by atoms with Gasteiger partial charge in [-0.15, -0.1) is 0 Å². The van der Waals surface area contributed by atoms with Crippen molar-refractivity contribution >= 4 is 5.97 Å². The molecule has 0 aliphatic carbocycles. The third kappa shape index (κ3) is 2.69. The van der Waals surface area contributed by atoms with Crippen LogP contribution in [0.3, 0.4) is 0 Å². The summed E-state index contributed by atoms with van der Waals surface area (Å²) in [6.45, 7) is 3.29. The van der Waals surface area contributed by atoms with Gasteiger partial charge in [-0.3, -0.25) is 0 Å². The molecular formula is C15H16N2O4.